The van der Waals surface area contributed by atoms with Gasteiger partial charge in [0.25, 0.3) is 0 Å². The molecule has 0 aliphatic carbocycles. The molecule has 4 unspecified atom stereocenters. The lowest BCUT2D eigenvalue weighted by Crippen LogP contribution is -2.57. The van der Waals surface area contributed by atoms with Crippen molar-refractivity contribution < 1.29 is 29.1 Å². The number of carbonyl (C=O) groups excluding carboxylic acids is 4. The maximum absolute atomic E-state index is 13.0. The largest absolute Gasteiger partial charge is 0.480 e. The van der Waals surface area contributed by atoms with Crippen molar-refractivity contribution in [3.05, 3.63) is 0 Å². The summed E-state index contributed by atoms with van der Waals surface area (Å²) in [6.45, 7) is 5.23. The summed E-state index contributed by atoms with van der Waals surface area (Å²) in [7, 11) is 0. The van der Waals surface area contributed by atoms with Crippen LogP contribution >= 0.6 is 0 Å². The molecule has 0 aromatic carbocycles. The Morgan fingerprint density at radius 3 is 1.88 bits per heavy atom. The fourth-order valence-corrected chi connectivity index (χ4v) is 2.87. The van der Waals surface area contributed by atoms with Crippen LogP contribution in [0.3, 0.4) is 0 Å². The molecule has 0 aliphatic rings. The van der Waals surface area contributed by atoms with E-state index in [4.69, 9.17) is 28.0 Å². The summed E-state index contributed by atoms with van der Waals surface area (Å²) in [5.41, 5.74) is 21.6. The van der Waals surface area contributed by atoms with Gasteiger partial charge in [0.1, 0.15) is 18.1 Å². The van der Waals surface area contributed by atoms with E-state index in [1.165, 1.54) is 6.92 Å². The quantitative estimate of drug-likeness (QED) is 0.0637. The second-order valence-corrected chi connectivity index (χ2v) is 8.38. The molecule has 0 spiro atoms. The number of amides is 4. The van der Waals surface area contributed by atoms with E-state index >= 15 is 0 Å². The van der Waals surface area contributed by atoms with Crippen molar-refractivity contribution >= 4 is 35.6 Å². The molecule has 0 aliphatic heterocycles. The van der Waals surface area contributed by atoms with E-state index in [-0.39, 0.29) is 37.7 Å². The van der Waals surface area contributed by atoms with Crippen LogP contribution in [0.2, 0.25) is 0 Å². The Labute approximate surface area is 198 Å². The molecule has 0 heterocycles. The minimum absolute atomic E-state index is 0.123. The number of carboxylic acid groups (broad SMARTS) is 1. The van der Waals surface area contributed by atoms with Gasteiger partial charge in [-0.25, -0.2) is 0 Å². The second kappa shape index (κ2) is 15.4. The molecule has 14 heteroatoms. The fraction of sp³-hybridized carbons (Fsp3) is 0.700. The van der Waals surface area contributed by atoms with Gasteiger partial charge in [0, 0.05) is 13.0 Å². The van der Waals surface area contributed by atoms with Crippen LogP contribution in [-0.2, 0) is 24.0 Å². The van der Waals surface area contributed by atoms with Crippen LogP contribution in [0.4, 0.5) is 0 Å². The van der Waals surface area contributed by atoms with Crippen LogP contribution in [0.1, 0.15) is 52.9 Å². The van der Waals surface area contributed by atoms with Gasteiger partial charge in [0.05, 0.1) is 6.04 Å². The van der Waals surface area contributed by atoms with E-state index in [1.54, 1.807) is 0 Å². The van der Waals surface area contributed by atoms with E-state index in [2.05, 4.69) is 20.9 Å². The third kappa shape index (κ3) is 13.2. The molecule has 0 bridgehead atoms. The van der Waals surface area contributed by atoms with Crippen molar-refractivity contribution in [1.82, 2.24) is 16.0 Å². The number of carbonyl (C=O) groups is 5. The van der Waals surface area contributed by atoms with Gasteiger partial charge in [-0.3, -0.25) is 29.0 Å². The van der Waals surface area contributed by atoms with Crippen molar-refractivity contribution in [2.75, 3.05) is 6.54 Å². The lowest BCUT2D eigenvalue weighted by Gasteiger charge is -2.25. The molecule has 14 nitrogen and oxygen atoms in total. The highest BCUT2D eigenvalue weighted by Crippen LogP contribution is 2.06. The number of rotatable bonds is 16. The Kier molecular flexibility index (Phi) is 13.9. The molecule has 0 aromatic rings. The Hall–Kier alpha value is -3.42. The minimum Gasteiger partial charge on any atom is -0.480 e. The molecule has 0 rings (SSSR count). The van der Waals surface area contributed by atoms with Gasteiger partial charge in [-0.05, 0) is 38.5 Å². The average Bonchev–Trinajstić information content (AvgIpc) is 2.71. The third-order valence-electron chi connectivity index (χ3n) is 4.68. The number of hydrogen-bond acceptors (Lipinski definition) is 7. The first-order chi connectivity index (χ1) is 15.7. The monoisotopic (exact) mass is 486 g/mol. The fourth-order valence-electron chi connectivity index (χ4n) is 2.87. The third-order valence-corrected chi connectivity index (χ3v) is 4.68. The van der Waals surface area contributed by atoms with E-state index in [1.807, 2.05) is 13.8 Å². The zero-order valence-electron chi connectivity index (χ0n) is 19.9. The van der Waals surface area contributed by atoms with E-state index in [0.717, 1.165) is 0 Å². The minimum atomic E-state index is -1.28. The van der Waals surface area contributed by atoms with Crippen molar-refractivity contribution in [2.45, 2.75) is 77.0 Å². The van der Waals surface area contributed by atoms with Gasteiger partial charge in [-0.1, -0.05) is 13.8 Å². The van der Waals surface area contributed by atoms with Crippen LogP contribution < -0.4 is 38.9 Å². The van der Waals surface area contributed by atoms with Gasteiger partial charge in [0.2, 0.25) is 23.6 Å². The number of nitrogens with zero attached hydrogens (tertiary/aromatic N) is 1. The highest BCUT2D eigenvalue weighted by molar-refractivity contribution is 5.94. The van der Waals surface area contributed by atoms with Crippen LogP contribution in [0.25, 0.3) is 0 Å². The number of nitrogens with two attached hydrogens (primary N) is 4. The Morgan fingerprint density at radius 1 is 0.853 bits per heavy atom. The van der Waals surface area contributed by atoms with Gasteiger partial charge < -0.3 is 44.0 Å². The number of aliphatic carboxylic acids is 1. The topological polar surface area (TPSA) is 258 Å². The van der Waals surface area contributed by atoms with E-state index in [0.29, 0.717) is 12.8 Å². The van der Waals surface area contributed by atoms with Crippen molar-refractivity contribution in [1.29, 1.82) is 0 Å². The van der Waals surface area contributed by atoms with Crippen molar-refractivity contribution in [3.63, 3.8) is 0 Å². The summed E-state index contributed by atoms with van der Waals surface area (Å²) >= 11 is 0. The predicted octanol–water partition coefficient (Wildman–Crippen LogP) is -2.76. The van der Waals surface area contributed by atoms with E-state index < -0.39 is 53.8 Å². The molecule has 0 fully saturated rings. The summed E-state index contributed by atoms with van der Waals surface area (Å²) in [4.78, 5) is 64.1. The molecule has 12 N–H and O–H groups in total. The first kappa shape index (κ1) is 30.6. The Balaban J connectivity index is 5.51. The van der Waals surface area contributed by atoms with Crippen LogP contribution in [-0.4, -0.2) is 71.4 Å². The van der Waals surface area contributed by atoms with Gasteiger partial charge in [-0.15, -0.1) is 0 Å². The Morgan fingerprint density at radius 2 is 1.38 bits per heavy atom. The van der Waals surface area contributed by atoms with Crippen LogP contribution in [0.5, 0.6) is 0 Å². The lowest BCUT2D eigenvalue weighted by atomic mass is 10.0. The average molecular weight is 487 g/mol. The van der Waals surface area contributed by atoms with Crippen LogP contribution in [0, 0.1) is 5.92 Å². The zero-order chi connectivity index (χ0) is 26.4. The summed E-state index contributed by atoms with van der Waals surface area (Å²) < 4.78 is 0. The molecule has 194 valence electrons. The van der Waals surface area contributed by atoms with E-state index in [9.17, 15) is 24.0 Å². The second-order valence-electron chi connectivity index (χ2n) is 8.38. The molecule has 4 amide bonds. The number of primary amides is 1. The molecule has 4 atom stereocenters. The summed E-state index contributed by atoms with van der Waals surface area (Å²) in [5, 5.41) is 16.3. The number of nitrogens with one attached hydrogen (secondary N) is 3. The van der Waals surface area contributed by atoms with Gasteiger partial charge in [-0.2, -0.15) is 0 Å². The maximum atomic E-state index is 13.0. The number of guanidine groups is 1. The van der Waals surface area contributed by atoms with Crippen LogP contribution in [0.15, 0.2) is 4.99 Å². The smallest absolute Gasteiger partial charge is 0.325 e. The predicted molar refractivity (Wildman–Crippen MR) is 125 cm³/mol. The lowest BCUT2D eigenvalue weighted by molar-refractivity contribution is -0.142. The zero-order valence-corrected chi connectivity index (χ0v) is 19.9. The Bertz CT molecular complexity index is 753. The highest BCUT2D eigenvalue weighted by atomic mass is 16.4. The molecule has 0 radical (unpaired) electrons. The van der Waals surface area contributed by atoms with Crippen molar-refractivity contribution in [2.24, 2.45) is 33.8 Å². The van der Waals surface area contributed by atoms with Gasteiger partial charge in [0.15, 0.2) is 5.96 Å². The normalized spacial score (nSPS) is 14.3. The first-order valence-corrected chi connectivity index (χ1v) is 11.0. The number of carboxylic acids is 1. The molecular formula is C20H38N8O6. The number of hydrogen-bond donors (Lipinski definition) is 8. The molecule has 0 aromatic heterocycles. The summed E-state index contributed by atoms with van der Waals surface area (Å²) in [5.74, 6) is -4.05. The molecule has 0 saturated heterocycles. The molecule has 0 saturated carbocycles. The standard InChI is InChI=1S/C20H38N8O6/c1-10(2)9-12(21)16(30)27-13(5-4-8-25-20(23)24)18(32)28-14(6-7-15(22)29)17(31)26-11(3)19(33)34/h10-14H,4-9,21H2,1-3H3,(H2,22,29)(H,26,31)(H,27,30)(H,28,32)(H,33,34)(H4,23,24,25). The first-order valence-electron chi connectivity index (χ1n) is 11.0. The van der Waals surface area contributed by atoms with Crippen molar-refractivity contribution in [3.8, 4) is 0 Å². The summed E-state index contributed by atoms with van der Waals surface area (Å²) in [6, 6.07) is -4.42. The maximum Gasteiger partial charge on any atom is 0.325 e. The highest BCUT2D eigenvalue weighted by Gasteiger charge is 2.29. The number of aliphatic imine (C=N–C) groups is 1. The summed E-state index contributed by atoms with van der Waals surface area (Å²) in [6.07, 6.45) is 0.439. The SMILES string of the molecule is CC(C)CC(N)C(=O)NC(CCCN=C(N)N)C(=O)NC(CCC(N)=O)C(=O)NC(C)C(=O)O. The van der Waals surface area contributed by atoms with Gasteiger partial charge >= 0.3 is 5.97 Å². The molecule has 34 heavy (non-hydrogen) atoms. The molecular weight excluding hydrogens is 448 g/mol.